The number of aromatic nitrogens is 4. The van der Waals surface area contributed by atoms with Gasteiger partial charge in [0.25, 0.3) is 0 Å². The number of urea groups is 1. The van der Waals surface area contributed by atoms with Crippen molar-refractivity contribution >= 4 is 34.4 Å². The number of halogens is 4. The Morgan fingerprint density at radius 1 is 1.09 bits per heavy atom. The van der Waals surface area contributed by atoms with Crippen molar-refractivity contribution in [3.63, 3.8) is 0 Å². The molecule has 0 aliphatic heterocycles. The van der Waals surface area contributed by atoms with Gasteiger partial charge in [0, 0.05) is 31.0 Å². The Kier molecular flexibility index (Phi) is 6.05. The van der Waals surface area contributed by atoms with Gasteiger partial charge >= 0.3 is 12.2 Å². The molecular formula is C22H19F4N7O. The summed E-state index contributed by atoms with van der Waals surface area (Å²) in [5.41, 5.74) is 0.935. The third-order valence-corrected chi connectivity index (χ3v) is 4.88. The third kappa shape index (κ3) is 4.75. The smallest absolute Gasteiger partial charge is 0.354 e. The van der Waals surface area contributed by atoms with Gasteiger partial charge in [0.2, 0.25) is 5.95 Å². The van der Waals surface area contributed by atoms with Crippen LogP contribution in [0.1, 0.15) is 12.5 Å². The molecule has 12 heteroatoms. The van der Waals surface area contributed by atoms with E-state index in [0.717, 1.165) is 17.0 Å². The number of hydrogen-bond acceptors (Lipinski definition) is 5. The summed E-state index contributed by atoms with van der Waals surface area (Å²) in [5, 5.41) is 13.0. The maximum Gasteiger partial charge on any atom is 0.416 e. The summed E-state index contributed by atoms with van der Waals surface area (Å²) in [5.74, 6) is -0.693. The van der Waals surface area contributed by atoms with Crippen molar-refractivity contribution in [2.45, 2.75) is 13.1 Å². The summed E-state index contributed by atoms with van der Waals surface area (Å²) in [4.78, 5) is 20.9. The van der Waals surface area contributed by atoms with Crippen LogP contribution in [0.15, 0.2) is 48.7 Å². The Hall–Kier alpha value is -4.22. The maximum atomic E-state index is 14.0. The van der Waals surface area contributed by atoms with E-state index in [1.807, 2.05) is 6.92 Å². The lowest BCUT2D eigenvalue weighted by atomic mass is 10.1. The highest BCUT2D eigenvalue weighted by Crippen LogP contribution is 2.31. The van der Waals surface area contributed by atoms with Crippen LogP contribution in [0.5, 0.6) is 0 Å². The summed E-state index contributed by atoms with van der Waals surface area (Å²) in [6.45, 7) is 2.63. The van der Waals surface area contributed by atoms with Crippen molar-refractivity contribution in [1.82, 2.24) is 19.7 Å². The summed E-state index contributed by atoms with van der Waals surface area (Å²) >= 11 is 0. The first-order valence-corrected chi connectivity index (χ1v) is 10.1. The third-order valence-electron chi connectivity index (χ3n) is 4.88. The SMILES string of the molecule is CCNc1ncc2c(-c3ccc(NC(=O)Nc4ccc(C(F)(F)F)cc4F)cc3)nn(C)c2n1. The van der Waals surface area contributed by atoms with Gasteiger partial charge in [0.1, 0.15) is 11.5 Å². The van der Waals surface area contributed by atoms with Gasteiger partial charge in [-0.2, -0.15) is 23.3 Å². The normalized spacial score (nSPS) is 11.5. The van der Waals surface area contributed by atoms with Gasteiger partial charge in [-0.15, -0.1) is 0 Å². The number of alkyl halides is 3. The van der Waals surface area contributed by atoms with Crippen molar-refractivity contribution in [3.8, 4) is 11.3 Å². The number of benzene rings is 2. The summed E-state index contributed by atoms with van der Waals surface area (Å²) in [7, 11) is 1.77. The van der Waals surface area contributed by atoms with Crippen LogP contribution < -0.4 is 16.0 Å². The Morgan fingerprint density at radius 3 is 2.47 bits per heavy atom. The Bertz CT molecular complexity index is 1350. The van der Waals surface area contributed by atoms with Crippen LogP contribution in [-0.2, 0) is 13.2 Å². The van der Waals surface area contributed by atoms with Crippen molar-refractivity contribution in [1.29, 1.82) is 0 Å². The highest BCUT2D eigenvalue weighted by Gasteiger charge is 2.31. The molecule has 2 aromatic carbocycles. The van der Waals surface area contributed by atoms with E-state index in [1.54, 1.807) is 42.2 Å². The molecule has 8 nitrogen and oxygen atoms in total. The molecule has 0 atom stereocenters. The second kappa shape index (κ2) is 8.96. The summed E-state index contributed by atoms with van der Waals surface area (Å²) in [6, 6.07) is 7.76. The van der Waals surface area contributed by atoms with Crippen LogP contribution in [0.2, 0.25) is 0 Å². The number of carbonyl (C=O) groups excluding carboxylic acids is 1. The molecule has 3 N–H and O–H groups in total. The number of nitrogens with zero attached hydrogens (tertiary/aromatic N) is 4. The minimum Gasteiger partial charge on any atom is -0.354 e. The van der Waals surface area contributed by atoms with E-state index in [1.165, 1.54) is 0 Å². The quantitative estimate of drug-likeness (QED) is 0.344. The first-order chi connectivity index (χ1) is 16.2. The van der Waals surface area contributed by atoms with Crippen molar-refractivity contribution in [3.05, 3.63) is 60.0 Å². The van der Waals surface area contributed by atoms with Crippen LogP contribution in [0, 0.1) is 5.82 Å². The Morgan fingerprint density at radius 2 is 1.82 bits per heavy atom. The molecule has 0 saturated heterocycles. The highest BCUT2D eigenvalue weighted by molar-refractivity contribution is 6.00. The molecular weight excluding hydrogens is 454 g/mol. The fraction of sp³-hybridized carbons (Fsp3) is 0.182. The predicted molar refractivity (Wildman–Crippen MR) is 120 cm³/mol. The van der Waals surface area contributed by atoms with E-state index in [-0.39, 0.29) is 5.69 Å². The number of hydrogen-bond donors (Lipinski definition) is 3. The van der Waals surface area contributed by atoms with E-state index < -0.39 is 23.6 Å². The molecule has 0 radical (unpaired) electrons. The van der Waals surface area contributed by atoms with Gasteiger partial charge < -0.3 is 16.0 Å². The van der Waals surface area contributed by atoms with Crippen LogP contribution >= 0.6 is 0 Å². The van der Waals surface area contributed by atoms with Gasteiger partial charge in [-0.1, -0.05) is 12.1 Å². The number of amides is 2. The van der Waals surface area contributed by atoms with Crippen molar-refractivity contribution < 1.29 is 22.4 Å². The molecule has 4 aromatic rings. The fourth-order valence-electron chi connectivity index (χ4n) is 3.28. The molecule has 0 bridgehead atoms. The van der Waals surface area contributed by atoms with Crippen LogP contribution in [0.3, 0.4) is 0 Å². The fourth-order valence-corrected chi connectivity index (χ4v) is 3.28. The van der Waals surface area contributed by atoms with Gasteiger partial charge in [-0.25, -0.2) is 18.9 Å². The van der Waals surface area contributed by atoms with Crippen LogP contribution in [0.25, 0.3) is 22.3 Å². The molecule has 0 aliphatic rings. The number of carbonyl (C=O) groups is 1. The maximum absolute atomic E-state index is 14.0. The van der Waals surface area contributed by atoms with Crippen molar-refractivity contribution in [2.75, 3.05) is 22.5 Å². The van der Waals surface area contributed by atoms with E-state index in [4.69, 9.17) is 0 Å². The van der Waals surface area contributed by atoms with Crippen LogP contribution in [0.4, 0.5) is 39.7 Å². The number of fused-ring (bicyclic) bond motifs is 1. The summed E-state index contributed by atoms with van der Waals surface area (Å²) < 4.78 is 53.6. The topological polar surface area (TPSA) is 96.8 Å². The number of nitrogens with one attached hydrogen (secondary N) is 3. The molecule has 0 spiro atoms. The lowest BCUT2D eigenvalue weighted by Crippen LogP contribution is -2.20. The second-order valence-electron chi connectivity index (χ2n) is 7.28. The standard InChI is InChI=1S/C22H19F4N7O/c1-3-27-20-28-11-15-18(32-33(2)19(15)31-20)12-4-7-14(8-5-12)29-21(34)30-17-9-6-13(10-16(17)23)22(24,25)26/h4-11H,3H2,1-2H3,(H,27,28,31)(H2,29,30,34). The largest absolute Gasteiger partial charge is 0.416 e. The second-order valence-corrected chi connectivity index (χ2v) is 7.28. The predicted octanol–water partition coefficient (Wildman–Crippen LogP) is 5.26. The van der Waals surface area contributed by atoms with Crippen LogP contribution in [-0.4, -0.2) is 32.3 Å². The average Bonchev–Trinajstić information content (AvgIpc) is 3.11. The number of aryl methyl sites for hydroxylation is 1. The molecule has 2 heterocycles. The molecule has 4 rings (SSSR count). The zero-order valence-corrected chi connectivity index (χ0v) is 18.0. The number of anilines is 3. The minimum atomic E-state index is -4.68. The zero-order valence-electron chi connectivity index (χ0n) is 18.0. The molecule has 2 amide bonds. The molecule has 34 heavy (non-hydrogen) atoms. The van der Waals surface area contributed by atoms with Gasteiger partial charge in [0.15, 0.2) is 5.65 Å². The summed E-state index contributed by atoms with van der Waals surface area (Å²) in [6.07, 6.45) is -3.00. The van der Waals surface area contributed by atoms with Gasteiger partial charge in [0.05, 0.1) is 16.6 Å². The van der Waals surface area contributed by atoms with E-state index in [2.05, 4.69) is 31.0 Å². The first-order valence-electron chi connectivity index (χ1n) is 10.1. The molecule has 0 aliphatic carbocycles. The van der Waals surface area contributed by atoms with E-state index in [0.29, 0.717) is 41.7 Å². The monoisotopic (exact) mass is 473 g/mol. The zero-order chi connectivity index (χ0) is 24.5. The first kappa shape index (κ1) is 23.0. The minimum absolute atomic E-state index is 0.326. The Balaban J connectivity index is 1.48. The number of rotatable bonds is 5. The van der Waals surface area contributed by atoms with Gasteiger partial charge in [-0.05, 0) is 37.3 Å². The molecule has 0 unspecified atom stereocenters. The lowest BCUT2D eigenvalue weighted by Gasteiger charge is -2.11. The molecule has 176 valence electrons. The molecule has 0 saturated carbocycles. The van der Waals surface area contributed by atoms with Gasteiger partial charge in [-0.3, -0.25) is 0 Å². The molecule has 2 aromatic heterocycles. The van der Waals surface area contributed by atoms with E-state index in [9.17, 15) is 22.4 Å². The molecule has 0 fully saturated rings. The lowest BCUT2D eigenvalue weighted by molar-refractivity contribution is -0.137. The highest BCUT2D eigenvalue weighted by atomic mass is 19.4. The van der Waals surface area contributed by atoms with Crippen molar-refractivity contribution in [2.24, 2.45) is 7.05 Å². The van der Waals surface area contributed by atoms with E-state index >= 15 is 0 Å². The Labute approximate surface area is 191 Å². The average molecular weight is 473 g/mol.